The zero-order chi connectivity index (χ0) is 6.41. The van der Waals surface area contributed by atoms with Crippen LogP contribution in [0.5, 0.6) is 0 Å². The minimum absolute atomic E-state index is 0. The smallest absolute Gasteiger partial charge is 0.217 e. The van der Waals surface area contributed by atoms with Crippen LogP contribution in [0.2, 0.25) is 0 Å². The van der Waals surface area contributed by atoms with Crippen molar-refractivity contribution in [1.82, 2.24) is 0 Å². The number of unbranched alkanes of at least 4 members (excludes halogenated alkanes) is 2. The van der Waals surface area contributed by atoms with E-state index in [1.54, 1.807) is 0 Å². The molecule has 56 valence electrons. The van der Waals surface area contributed by atoms with Crippen LogP contribution in [0, 0.1) is 0 Å². The van der Waals surface area contributed by atoms with Crippen LogP contribution in [0.1, 0.15) is 32.6 Å². The van der Waals surface area contributed by atoms with Crippen molar-refractivity contribution in [3.63, 3.8) is 0 Å². The van der Waals surface area contributed by atoms with Crippen LogP contribution in [-0.4, -0.2) is 5.91 Å². The van der Waals surface area contributed by atoms with E-state index in [9.17, 15) is 4.79 Å². The molecule has 1 amide bonds. The van der Waals surface area contributed by atoms with Gasteiger partial charge in [0.2, 0.25) is 5.91 Å². The Hall–Kier alpha value is -0.180. The minimum Gasteiger partial charge on any atom is -0.370 e. The van der Waals surface area contributed by atoms with E-state index in [2.05, 4.69) is 6.92 Å². The highest BCUT2D eigenvalue weighted by atomic mass is 32.1. The molecule has 0 bridgehead atoms. The third-order valence-corrected chi connectivity index (χ3v) is 1.03. The fourth-order valence-electron chi connectivity index (χ4n) is 0.549. The second kappa shape index (κ2) is 7.82. The molecule has 0 radical (unpaired) electrons. The van der Waals surface area contributed by atoms with Crippen LogP contribution in [0.25, 0.3) is 0 Å². The molecule has 0 aromatic heterocycles. The van der Waals surface area contributed by atoms with E-state index < -0.39 is 0 Å². The van der Waals surface area contributed by atoms with Crippen molar-refractivity contribution in [3.05, 3.63) is 0 Å². The minimum atomic E-state index is -0.182. The van der Waals surface area contributed by atoms with Crippen molar-refractivity contribution in [1.29, 1.82) is 0 Å². The van der Waals surface area contributed by atoms with Crippen molar-refractivity contribution in [3.8, 4) is 0 Å². The summed E-state index contributed by atoms with van der Waals surface area (Å²) in [7, 11) is 0. The maximum absolute atomic E-state index is 10.1. The summed E-state index contributed by atoms with van der Waals surface area (Å²) in [6.45, 7) is 2.10. The van der Waals surface area contributed by atoms with Crippen LogP contribution >= 0.6 is 13.5 Å². The molecule has 2 nitrogen and oxygen atoms in total. The molecule has 2 N–H and O–H groups in total. The number of carbonyl (C=O) groups is 1. The molecular formula is C6H15NOS. The maximum atomic E-state index is 10.1. The standard InChI is InChI=1S/C6H13NO.H2S/c1-2-3-4-5-6(7)8;/h2-5H2,1H3,(H2,7,8);1H2. The molecule has 0 aromatic rings. The molecule has 0 aromatic carbocycles. The Morgan fingerprint density at radius 1 is 1.44 bits per heavy atom. The third kappa shape index (κ3) is 11.4. The number of primary amides is 1. The summed E-state index contributed by atoms with van der Waals surface area (Å²) in [5.41, 5.74) is 4.89. The lowest BCUT2D eigenvalue weighted by Gasteiger charge is -1.90. The predicted octanol–water partition coefficient (Wildman–Crippen LogP) is 1.16. The normalized spacial score (nSPS) is 8.11. The lowest BCUT2D eigenvalue weighted by atomic mass is 10.2. The summed E-state index contributed by atoms with van der Waals surface area (Å²) >= 11 is 0. The quantitative estimate of drug-likeness (QED) is 0.599. The fourth-order valence-corrected chi connectivity index (χ4v) is 0.549. The van der Waals surface area contributed by atoms with Gasteiger partial charge in [-0.2, -0.15) is 13.5 Å². The Morgan fingerprint density at radius 3 is 2.33 bits per heavy atom. The van der Waals surface area contributed by atoms with Gasteiger partial charge >= 0.3 is 0 Å². The van der Waals surface area contributed by atoms with Crippen LogP contribution in [-0.2, 0) is 4.79 Å². The second-order valence-electron chi connectivity index (χ2n) is 1.92. The average Bonchev–Trinajstić information content (AvgIpc) is 1.66. The van der Waals surface area contributed by atoms with Gasteiger partial charge in [-0.15, -0.1) is 0 Å². The molecule has 0 spiro atoms. The Bertz CT molecular complexity index is 75.5. The highest BCUT2D eigenvalue weighted by Gasteiger charge is 1.90. The first kappa shape index (κ1) is 11.6. The van der Waals surface area contributed by atoms with Gasteiger partial charge in [0, 0.05) is 6.42 Å². The molecule has 0 atom stereocenters. The fraction of sp³-hybridized carbons (Fsp3) is 0.833. The summed E-state index contributed by atoms with van der Waals surface area (Å²) in [5, 5.41) is 0. The molecule has 0 heterocycles. The topological polar surface area (TPSA) is 43.1 Å². The van der Waals surface area contributed by atoms with Gasteiger partial charge in [0.1, 0.15) is 0 Å². The van der Waals surface area contributed by atoms with Crippen LogP contribution in [0.4, 0.5) is 0 Å². The van der Waals surface area contributed by atoms with E-state index in [0.717, 1.165) is 19.3 Å². The second-order valence-corrected chi connectivity index (χ2v) is 1.92. The third-order valence-electron chi connectivity index (χ3n) is 1.03. The number of amides is 1. The maximum Gasteiger partial charge on any atom is 0.217 e. The van der Waals surface area contributed by atoms with E-state index in [1.165, 1.54) is 0 Å². The summed E-state index contributed by atoms with van der Waals surface area (Å²) in [6.07, 6.45) is 3.76. The van der Waals surface area contributed by atoms with Crippen molar-refractivity contribution in [2.45, 2.75) is 32.6 Å². The Labute approximate surface area is 63.3 Å². The first-order chi connectivity index (χ1) is 3.77. The van der Waals surface area contributed by atoms with Gasteiger partial charge in [0.15, 0.2) is 0 Å². The first-order valence-electron chi connectivity index (χ1n) is 3.05. The number of rotatable bonds is 4. The van der Waals surface area contributed by atoms with Crippen molar-refractivity contribution < 1.29 is 4.79 Å². The van der Waals surface area contributed by atoms with Crippen molar-refractivity contribution in [2.24, 2.45) is 5.73 Å². The molecule has 0 rings (SSSR count). The Balaban J connectivity index is 0. The molecule has 0 aliphatic carbocycles. The lowest BCUT2D eigenvalue weighted by Crippen LogP contribution is -2.09. The zero-order valence-corrected chi connectivity index (χ0v) is 6.81. The molecule has 0 aliphatic rings. The first-order valence-corrected chi connectivity index (χ1v) is 3.05. The highest BCUT2D eigenvalue weighted by molar-refractivity contribution is 7.59. The Kier molecular flexibility index (Phi) is 10.1. The largest absolute Gasteiger partial charge is 0.370 e. The summed E-state index contributed by atoms with van der Waals surface area (Å²) in [5.74, 6) is -0.182. The van der Waals surface area contributed by atoms with Crippen molar-refractivity contribution >= 4 is 19.4 Å². The molecular weight excluding hydrogens is 134 g/mol. The van der Waals surface area contributed by atoms with Crippen LogP contribution < -0.4 is 5.73 Å². The molecule has 0 aliphatic heterocycles. The molecule has 0 unspecified atom stereocenters. The average molecular weight is 149 g/mol. The van der Waals surface area contributed by atoms with E-state index >= 15 is 0 Å². The summed E-state index contributed by atoms with van der Waals surface area (Å²) < 4.78 is 0. The number of hydrogen-bond acceptors (Lipinski definition) is 1. The van der Waals surface area contributed by atoms with E-state index in [4.69, 9.17) is 5.73 Å². The monoisotopic (exact) mass is 149 g/mol. The highest BCUT2D eigenvalue weighted by Crippen LogP contribution is 1.96. The summed E-state index contributed by atoms with van der Waals surface area (Å²) in [4.78, 5) is 10.1. The summed E-state index contributed by atoms with van der Waals surface area (Å²) in [6, 6.07) is 0. The lowest BCUT2D eigenvalue weighted by molar-refractivity contribution is -0.118. The van der Waals surface area contributed by atoms with Gasteiger partial charge in [-0.1, -0.05) is 19.8 Å². The van der Waals surface area contributed by atoms with E-state index in [0.29, 0.717) is 6.42 Å². The van der Waals surface area contributed by atoms with Gasteiger partial charge < -0.3 is 5.73 Å². The molecule has 9 heavy (non-hydrogen) atoms. The number of hydrogen-bond donors (Lipinski definition) is 1. The zero-order valence-electron chi connectivity index (χ0n) is 5.81. The predicted molar refractivity (Wildman–Crippen MR) is 43.7 cm³/mol. The molecule has 0 saturated heterocycles. The van der Waals surface area contributed by atoms with Gasteiger partial charge in [-0.05, 0) is 6.42 Å². The van der Waals surface area contributed by atoms with E-state index in [1.807, 2.05) is 0 Å². The van der Waals surface area contributed by atoms with E-state index in [-0.39, 0.29) is 19.4 Å². The number of nitrogens with two attached hydrogens (primary N) is 1. The van der Waals surface area contributed by atoms with Crippen molar-refractivity contribution in [2.75, 3.05) is 0 Å². The molecule has 3 heteroatoms. The Morgan fingerprint density at radius 2 is 2.00 bits per heavy atom. The van der Waals surface area contributed by atoms with Crippen LogP contribution in [0.3, 0.4) is 0 Å². The van der Waals surface area contributed by atoms with Crippen LogP contribution in [0.15, 0.2) is 0 Å². The molecule has 0 saturated carbocycles. The molecule has 0 fully saturated rings. The van der Waals surface area contributed by atoms with Gasteiger partial charge in [0.25, 0.3) is 0 Å². The number of carbonyl (C=O) groups excluding carboxylic acids is 1. The van der Waals surface area contributed by atoms with Gasteiger partial charge in [-0.25, -0.2) is 0 Å². The van der Waals surface area contributed by atoms with Gasteiger partial charge in [0.05, 0.1) is 0 Å². The van der Waals surface area contributed by atoms with Gasteiger partial charge in [-0.3, -0.25) is 4.79 Å². The SMILES string of the molecule is CCCCCC(N)=O.S.